The normalized spacial score (nSPS) is 15.8. The number of benzene rings is 3. The van der Waals surface area contributed by atoms with Crippen LogP contribution < -0.4 is 30.5 Å². The van der Waals surface area contributed by atoms with Gasteiger partial charge >= 0.3 is 6.03 Å². The SMILES string of the molecule is COc1ccccc1N1CCN(c2ccc(NC(=O)Nc3cccc(Cl)c3)cc2C(=O)NC2CCCCC2)CC1. The maximum atomic E-state index is 13.6. The molecule has 9 heteroatoms. The fourth-order valence-electron chi connectivity index (χ4n) is 5.52. The van der Waals surface area contributed by atoms with Crippen molar-refractivity contribution < 1.29 is 14.3 Å². The van der Waals surface area contributed by atoms with E-state index in [1.807, 2.05) is 30.3 Å². The summed E-state index contributed by atoms with van der Waals surface area (Å²) in [4.78, 5) is 30.9. The molecule has 3 amide bonds. The van der Waals surface area contributed by atoms with Crippen LogP contribution in [-0.4, -0.2) is 51.3 Å². The number of para-hydroxylation sites is 2. The van der Waals surface area contributed by atoms with Crippen molar-refractivity contribution in [2.75, 3.05) is 53.7 Å². The van der Waals surface area contributed by atoms with E-state index in [0.29, 0.717) is 22.0 Å². The van der Waals surface area contributed by atoms with Crippen molar-refractivity contribution in [3.05, 3.63) is 77.3 Å². The largest absolute Gasteiger partial charge is 0.495 e. The first kappa shape index (κ1) is 27.6. The van der Waals surface area contributed by atoms with Crippen LogP contribution in [0.4, 0.5) is 27.5 Å². The summed E-state index contributed by atoms with van der Waals surface area (Å²) < 4.78 is 5.57. The van der Waals surface area contributed by atoms with Crippen LogP contribution in [0.15, 0.2) is 66.7 Å². The molecule has 1 saturated heterocycles. The van der Waals surface area contributed by atoms with Gasteiger partial charge in [0.2, 0.25) is 0 Å². The average Bonchev–Trinajstić information content (AvgIpc) is 2.97. The zero-order valence-electron chi connectivity index (χ0n) is 22.8. The monoisotopic (exact) mass is 561 g/mol. The molecule has 2 aliphatic rings. The molecule has 2 fully saturated rings. The summed E-state index contributed by atoms with van der Waals surface area (Å²) >= 11 is 6.04. The predicted octanol–water partition coefficient (Wildman–Crippen LogP) is 6.38. The number of halogens is 1. The van der Waals surface area contributed by atoms with Crippen molar-refractivity contribution in [1.82, 2.24) is 5.32 Å². The van der Waals surface area contributed by atoms with Crippen LogP contribution in [0, 0.1) is 0 Å². The lowest BCUT2D eigenvalue weighted by Gasteiger charge is -2.38. The molecule has 3 aromatic rings. The van der Waals surface area contributed by atoms with Crippen LogP contribution in [-0.2, 0) is 0 Å². The van der Waals surface area contributed by atoms with Crippen molar-refractivity contribution in [3.63, 3.8) is 0 Å². The number of carbonyl (C=O) groups excluding carboxylic acids is 2. The minimum Gasteiger partial charge on any atom is -0.495 e. The summed E-state index contributed by atoms with van der Waals surface area (Å²) in [5.74, 6) is 0.753. The van der Waals surface area contributed by atoms with E-state index in [1.54, 1.807) is 37.4 Å². The fraction of sp³-hybridized carbons (Fsp3) is 0.355. The van der Waals surface area contributed by atoms with Gasteiger partial charge in [-0.15, -0.1) is 0 Å². The molecule has 3 N–H and O–H groups in total. The number of hydrogen-bond donors (Lipinski definition) is 3. The first-order valence-corrected chi connectivity index (χ1v) is 14.3. The summed E-state index contributed by atoms with van der Waals surface area (Å²) in [5, 5.41) is 9.45. The molecular formula is C31H36ClN5O3. The molecule has 1 aliphatic carbocycles. The maximum absolute atomic E-state index is 13.6. The Morgan fingerprint density at radius 1 is 0.800 bits per heavy atom. The molecule has 0 spiro atoms. The molecular weight excluding hydrogens is 526 g/mol. The number of amides is 3. The highest BCUT2D eigenvalue weighted by Crippen LogP contribution is 2.31. The van der Waals surface area contributed by atoms with Gasteiger partial charge in [-0.25, -0.2) is 4.79 Å². The van der Waals surface area contributed by atoms with Crippen molar-refractivity contribution in [3.8, 4) is 5.75 Å². The van der Waals surface area contributed by atoms with Crippen LogP contribution in [0.5, 0.6) is 5.75 Å². The number of piperazine rings is 1. The summed E-state index contributed by atoms with van der Waals surface area (Å²) in [6.45, 7) is 3.10. The van der Waals surface area contributed by atoms with E-state index in [-0.39, 0.29) is 11.9 Å². The Morgan fingerprint density at radius 2 is 1.48 bits per heavy atom. The van der Waals surface area contributed by atoms with E-state index in [1.165, 1.54) is 6.42 Å². The number of rotatable bonds is 7. The number of carbonyl (C=O) groups is 2. The summed E-state index contributed by atoms with van der Waals surface area (Å²) in [7, 11) is 1.69. The van der Waals surface area contributed by atoms with Crippen molar-refractivity contribution >= 4 is 46.3 Å². The summed E-state index contributed by atoms with van der Waals surface area (Å²) in [5.41, 5.74) is 3.64. The number of anilines is 4. The van der Waals surface area contributed by atoms with Gasteiger partial charge in [0.05, 0.1) is 18.4 Å². The minimum atomic E-state index is -0.404. The quantitative estimate of drug-likeness (QED) is 0.311. The molecule has 40 heavy (non-hydrogen) atoms. The number of ether oxygens (including phenoxy) is 1. The Morgan fingerprint density at radius 3 is 2.17 bits per heavy atom. The van der Waals surface area contributed by atoms with E-state index in [0.717, 1.165) is 69.0 Å². The van der Waals surface area contributed by atoms with Crippen molar-refractivity contribution in [2.45, 2.75) is 38.1 Å². The molecule has 210 valence electrons. The highest BCUT2D eigenvalue weighted by molar-refractivity contribution is 6.30. The molecule has 0 atom stereocenters. The lowest BCUT2D eigenvalue weighted by Crippen LogP contribution is -2.47. The van der Waals surface area contributed by atoms with Gasteiger partial charge in [0.1, 0.15) is 5.75 Å². The lowest BCUT2D eigenvalue weighted by molar-refractivity contribution is 0.0928. The van der Waals surface area contributed by atoms with Crippen molar-refractivity contribution in [1.29, 1.82) is 0 Å². The molecule has 0 bridgehead atoms. The molecule has 1 saturated carbocycles. The van der Waals surface area contributed by atoms with Gasteiger partial charge in [0.15, 0.2) is 0 Å². The summed E-state index contributed by atoms with van der Waals surface area (Å²) in [6.07, 6.45) is 5.48. The van der Waals surface area contributed by atoms with Crippen LogP contribution in [0.2, 0.25) is 5.02 Å². The molecule has 5 rings (SSSR count). The smallest absolute Gasteiger partial charge is 0.323 e. The fourth-order valence-corrected chi connectivity index (χ4v) is 5.71. The first-order valence-electron chi connectivity index (χ1n) is 13.9. The van der Waals surface area contributed by atoms with Gasteiger partial charge in [0.25, 0.3) is 5.91 Å². The third-order valence-electron chi connectivity index (χ3n) is 7.57. The number of nitrogens with zero attached hydrogens (tertiary/aromatic N) is 2. The zero-order valence-corrected chi connectivity index (χ0v) is 23.5. The number of methoxy groups -OCH3 is 1. The van der Waals surface area contributed by atoms with Gasteiger partial charge < -0.3 is 30.5 Å². The maximum Gasteiger partial charge on any atom is 0.323 e. The van der Waals surface area contributed by atoms with Gasteiger partial charge in [-0.05, 0) is 61.4 Å². The molecule has 1 aliphatic heterocycles. The van der Waals surface area contributed by atoms with Crippen LogP contribution in [0.25, 0.3) is 0 Å². The second-order valence-electron chi connectivity index (χ2n) is 10.3. The summed E-state index contributed by atoms with van der Waals surface area (Å²) in [6, 6.07) is 20.3. The van der Waals surface area contributed by atoms with Crippen LogP contribution in [0.1, 0.15) is 42.5 Å². The Hall–Kier alpha value is -3.91. The second kappa shape index (κ2) is 13.0. The Balaban J connectivity index is 1.33. The number of hydrogen-bond acceptors (Lipinski definition) is 5. The number of urea groups is 1. The van der Waals surface area contributed by atoms with Crippen LogP contribution in [0.3, 0.4) is 0 Å². The van der Waals surface area contributed by atoms with Gasteiger partial charge in [-0.1, -0.05) is 49.1 Å². The third-order valence-corrected chi connectivity index (χ3v) is 7.80. The van der Waals surface area contributed by atoms with E-state index in [9.17, 15) is 9.59 Å². The molecule has 0 radical (unpaired) electrons. The second-order valence-corrected chi connectivity index (χ2v) is 10.7. The molecule has 1 heterocycles. The lowest BCUT2D eigenvalue weighted by atomic mass is 9.95. The Bertz CT molecular complexity index is 1340. The number of nitrogens with one attached hydrogen (secondary N) is 3. The first-order chi connectivity index (χ1) is 19.5. The van der Waals surface area contributed by atoms with E-state index in [2.05, 4.69) is 31.8 Å². The van der Waals surface area contributed by atoms with Gasteiger partial charge in [-0.3, -0.25) is 4.79 Å². The molecule has 0 aromatic heterocycles. The Kier molecular flexibility index (Phi) is 8.96. The van der Waals surface area contributed by atoms with Gasteiger partial charge in [-0.2, -0.15) is 0 Å². The van der Waals surface area contributed by atoms with E-state index < -0.39 is 6.03 Å². The standard InChI is InChI=1S/C31H36ClN5O3/c1-40-29-13-6-5-12-28(29)37-18-16-36(17-19-37)27-15-14-25(35-31(39)34-24-11-7-8-22(32)20-24)21-26(27)30(38)33-23-9-3-2-4-10-23/h5-8,11-15,20-21,23H,2-4,9-10,16-19H2,1H3,(H,33,38)(H2,34,35,39). The van der Waals surface area contributed by atoms with Crippen molar-refractivity contribution in [2.24, 2.45) is 0 Å². The van der Waals surface area contributed by atoms with Gasteiger partial charge in [0, 0.05) is 54.3 Å². The average molecular weight is 562 g/mol. The predicted molar refractivity (Wildman–Crippen MR) is 162 cm³/mol. The van der Waals surface area contributed by atoms with E-state index >= 15 is 0 Å². The minimum absolute atomic E-state index is 0.104. The highest BCUT2D eigenvalue weighted by atomic mass is 35.5. The zero-order chi connectivity index (χ0) is 27.9. The van der Waals surface area contributed by atoms with Crippen LogP contribution >= 0.6 is 11.6 Å². The third kappa shape index (κ3) is 6.80. The van der Waals surface area contributed by atoms with E-state index in [4.69, 9.17) is 16.3 Å². The molecule has 0 unspecified atom stereocenters. The highest BCUT2D eigenvalue weighted by Gasteiger charge is 2.25. The Labute approximate surface area is 240 Å². The molecule has 8 nitrogen and oxygen atoms in total. The molecule has 3 aromatic carbocycles. The topological polar surface area (TPSA) is 85.9 Å².